The van der Waals surface area contributed by atoms with Crippen LogP contribution < -0.4 is 15.4 Å². The molecule has 4 rings (SSSR count). The zero-order valence-electron chi connectivity index (χ0n) is 20.3. The third-order valence-electron chi connectivity index (χ3n) is 5.88. The Kier molecular flexibility index (Phi) is 8.62. The fourth-order valence-electron chi connectivity index (χ4n) is 3.84. The number of rotatable bonds is 11. The number of ether oxygens (including phenoxy) is 1. The number of ketones is 1. The van der Waals surface area contributed by atoms with E-state index < -0.39 is 0 Å². The summed E-state index contributed by atoms with van der Waals surface area (Å²) >= 11 is 0. The Labute approximate surface area is 212 Å². The van der Waals surface area contributed by atoms with Gasteiger partial charge in [-0.15, -0.1) is 0 Å². The lowest BCUT2D eigenvalue weighted by atomic mass is 10.0. The monoisotopic (exact) mass is 478 g/mol. The summed E-state index contributed by atoms with van der Waals surface area (Å²) in [5, 5.41) is 6.38. The minimum Gasteiger partial charge on any atom is -0.494 e. The van der Waals surface area contributed by atoms with E-state index in [-0.39, 0.29) is 11.7 Å². The molecule has 0 spiro atoms. The summed E-state index contributed by atoms with van der Waals surface area (Å²) in [7, 11) is 0. The van der Waals surface area contributed by atoms with E-state index in [1.54, 1.807) is 36.4 Å². The first kappa shape index (κ1) is 24.9. The van der Waals surface area contributed by atoms with Gasteiger partial charge in [0.25, 0.3) is 5.91 Å². The fourth-order valence-corrected chi connectivity index (χ4v) is 3.84. The molecule has 1 atom stereocenters. The molecular weight excluding hydrogens is 448 g/mol. The quantitative estimate of drug-likeness (QED) is 0.196. The van der Waals surface area contributed by atoms with E-state index in [2.05, 4.69) is 29.7 Å². The molecule has 0 fully saturated rings. The van der Waals surface area contributed by atoms with Crippen molar-refractivity contribution in [1.82, 2.24) is 5.32 Å². The van der Waals surface area contributed by atoms with Crippen LogP contribution in [0, 0.1) is 0 Å². The molecule has 0 bridgehead atoms. The summed E-state index contributed by atoms with van der Waals surface area (Å²) in [6.07, 6.45) is 0.883. The van der Waals surface area contributed by atoms with Crippen molar-refractivity contribution in [1.29, 1.82) is 0 Å². The van der Waals surface area contributed by atoms with E-state index >= 15 is 0 Å². The van der Waals surface area contributed by atoms with Crippen LogP contribution in [-0.4, -0.2) is 24.8 Å². The molecule has 0 saturated heterocycles. The maximum atomic E-state index is 12.8. The van der Waals surface area contributed by atoms with E-state index in [1.807, 2.05) is 60.7 Å². The molecule has 4 aromatic rings. The van der Waals surface area contributed by atoms with Crippen LogP contribution in [0.5, 0.6) is 5.75 Å². The first-order chi connectivity index (χ1) is 17.6. The fraction of sp³-hybridized carbons (Fsp3) is 0.161. The van der Waals surface area contributed by atoms with Gasteiger partial charge in [0.05, 0.1) is 6.61 Å². The number of carbonyl (C=O) groups excluding carboxylic acids is 2. The third kappa shape index (κ3) is 6.90. The van der Waals surface area contributed by atoms with Gasteiger partial charge in [0, 0.05) is 28.4 Å². The highest BCUT2D eigenvalue weighted by molar-refractivity contribution is 6.11. The van der Waals surface area contributed by atoms with Crippen LogP contribution in [0.1, 0.15) is 51.2 Å². The Hall–Kier alpha value is -4.22. The summed E-state index contributed by atoms with van der Waals surface area (Å²) in [4.78, 5) is 25.4. The minimum atomic E-state index is -0.273. The lowest BCUT2D eigenvalue weighted by molar-refractivity contribution is 0.102. The van der Waals surface area contributed by atoms with Crippen molar-refractivity contribution in [3.05, 3.63) is 131 Å². The lowest BCUT2D eigenvalue weighted by Crippen LogP contribution is -2.21. The normalized spacial score (nSPS) is 11.5. The van der Waals surface area contributed by atoms with E-state index in [0.29, 0.717) is 35.0 Å². The van der Waals surface area contributed by atoms with Crippen LogP contribution >= 0.6 is 0 Å². The molecule has 5 nitrogen and oxygen atoms in total. The Morgan fingerprint density at radius 1 is 0.750 bits per heavy atom. The SMILES string of the molecule is CC(NCCCOc1ccc(NC(=O)c2cccc(C(=O)c3ccccc3)c2)cc1)c1ccccc1. The second-order valence-electron chi connectivity index (χ2n) is 8.54. The van der Waals surface area contributed by atoms with Gasteiger partial charge in [-0.25, -0.2) is 0 Å². The number of hydrogen-bond acceptors (Lipinski definition) is 4. The molecule has 1 amide bonds. The van der Waals surface area contributed by atoms with Gasteiger partial charge in [-0.1, -0.05) is 72.8 Å². The van der Waals surface area contributed by atoms with Gasteiger partial charge in [-0.2, -0.15) is 0 Å². The molecule has 0 aliphatic heterocycles. The van der Waals surface area contributed by atoms with Gasteiger partial charge in [-0.3, -0.25) is 9.59 Å². The van der Waals surface area contributed by atoms with Crippen LogP contribution in [0.3, 0.4) is 0 Å². The molecule has 2 N–H and O–H groups in total. The first-order valence-corrected chi connectivity index (χ1v) is 12.1. The topological polar surface area (TPSA) is 67.4 Å². The minimum absolute atomic E-state index is 0.114. The van der Waals surface area contributed by atoms with Crippen molar-refractivity contribution in [2.45, 2.75) is 19.4 Å². The van der Waals surface area contributed by atoms with Crippen molar-refractivity contribution in [3.63, 3.8) is 0 Å². The highest BCUT2D eigenvalue weighted by Gasteiger charge is 2.12. The first-order valence-electron chi connectivity index (χ1n) is 12.1. The average molecular weight is 479 g/mol. The van der Waals surface area contributed by atoms with Gasteiger partial charge in [0.2, 0.25) is 0 Å². The summed E-state index contributed by atoms with van der Waals surface area (Å²) < 4.78 is 5.83. The van der Waals surface area contributed by atoms with E-state index in [4.69, 9.17) is 4.74 Å². The number of anilines is 1. The summed E-state index contributed by atoms with van der Waals surface area (Å²) in [6.45, 7) is 3.61. The molecule has 182 valence electrons. The number of amides is 1. The standard InChI is InChI=1S/C31H30N2O3/c1-23(24-10-4-2-5-11-24)32-20-9-21-36-29-18-16-28(17-19-29)33-31(35)27-15-8-14-26(22-27)30(34)25-12-6-3-7-13-25/h2-8,10-19,22-23,32H,9,20-21H2,1H3,(H,33,35). The number of carbonyl (C=O) groups is 2. The highest BCUT2D eigenvalue weighted by Crippen LogP contribution is 2.18. The average Bonchev–Trinajstić information content (AvgIpc) is 2.94. The third-order valence-corrected chi connectivity index (χ3v) is 5.88. The maximum Gasteiger partial charge on any atom is 0.255 e. The van der Waals surface area contributed by atoms with Crippen LogP contribution in [0.2, 0.25) is 0 Å². The second-order valence-corrected chi connectivity index (χ2v) is 8.54. The summed E-state index contributed by atoms with van der Waals surface area (Å²) in [5.41, 5.74) is 3.42. The van der Waals surface area contributed by atoms with Gasteiger partial charge >= 0.3 is 0 Å². The molecule has 0 aliphatic carbocycles. The number of benzene rings is 4. The molecule has 1 unspecified atom stereocenters. The Morgan fingerprint density at radius 3 is 2.11 bits per heavy atom. The van der Waals surface area contributed by atoms with Gasteiger partial charge in [-0.05, 0) is 61.9 Å². The Bertz CT molecular complexity index is 1270. The van der Waals surface area contributed by atoms with Crippen molar-refractivity contribution in [3.8, 4) is 5.75 Å². The lowest BCUT2D eigenvalue weighted by Gasteiger charge is -2.14. The van der Waals surface area contributed by atoms with Crippen LogP contribution in [0.4, 0.5) is 5.69 Å². The number of hydrogen-bond donors (Lipinski definition) is 2. The maximum absolute atomic E-state index is 12.8. The van der Waals surface area contributed by atoms with Crippen LogP contribution in [-0.2, 0) is 0 Å². The molecule has 4 aromatic carbocycles. The van der Waals surface area contributed by atoms with Crippen LogP contribution in [0.25, 0.3) is 0 Å². The predicted octanol–water partition coefficient (Wildman–Crippen LogP) is 6.29. The van der Waals surface area contributed by atoms with Crippen molar-refractivity contribution in [2.24, 2.45) is 0 Å². The Balaban J connectivity index is 1.24. The van der Waals surface area contributed by atoms with Gasteiger partial charge in [0.1, 0.15) is 5.75 Å². The van der Waals surface area contributed by atoms with E-state index in [1.165, 1.54) is 5.56 Å². The van der Waals surface area contributed by atoms with Crippen LogP contribution in [0.15, 0.2) is 109 Å². The van der Waals surface area contributed by atoms with Gasteiger partial charge in [0.15, 0.2) is 5.78 Å². The van der Waals surface area contributed by atoms with E-state index in [9.17, 15) is 9.59 Å². The predicted molar refractivity (Wildman–Crippen MR) is 144 cm³/mol. The van der Waals surface area contributed by atoms with Gasteiger partial charge < -0.3 is 15.4 Å². The molecule has 0 aliphatic rings. The zero-order valence-corrected chi connectivity index (χ0v) is 20.3. The largest absolute Gasteiger partial charge is 0.494 e. The van der Waals surface area contributed by atoms with Crippen molar-refractivity contribution >= 4 is 17.4 Å². The smallest absolute Gasteiger partial charge is 0.255 e. The molecular formula is C31H30N2O3. The molecule has 0 heterocycles. The highest BCUT2D eigenvalue weighted by atomic mass is 16.5. The van der Waals surface area contributed by atoms with Crippen molar-refractivity contribution < 1.29 is 14.3 Å². The molecule has 5 heteroatoms. The Morgan fingerprint density at radius 2 is 1.39 bits per heavy atom. The molecule has 0 aromatic heterocycles. The summed E-state index contributed by atoms with van der Waals surface area (Å²) in [5.74, 6) is 0.362. The zero-order chi connectivity index (χ0) is 25.2. The number of nitrogens with one attached hydrogen (secondary N) is 2. The molecule has 0 radical (unpaired) electrons. The van der Waals surface area contributed by atoms with E-state index in [0.717, 1.165) is 18.7 Å². The second kappa shape index (κ2) is 12.5. The molecule has 0 saturated carbocycles. The summed E-state index contributed by atoms with van der Waals surface area (Å²) in [6, 6.07) is 33.7. The molecule has 36 heavy (non-hydrogen) atoms. The van der Waals surface area contributed by atoms with Crippen molar-refractivity contribution in [2.75, 3.05) is 18.5 Å².